The molecule has 0 bridgehead atoms. The van der Waals surface area contributed by atoms with Crippen molar-refractivity contribution in [1.82, 2.24) is 0 Å². The van der Waals surface area contributed by atoms with Gasteiger partial charge in [-0.15, -0.1) is 0 Å². The van der Waals surface area contributed by atoms with Crippen LogP contribution in [0.15, 0.2) is 237 Å². The summed E-state index contributed by atoms with van der Waals surface area (Å²) < 4.78 is 0. The van der Waals surface area contributed by atoms with Crippen molar-refractivity contribution < 1.29 is 0 Å². The Balaban J connectivity index is 1.11. The summed E-state index contributed by atoms with van der Waals surface area (Å²) in [6, 6.07) is 85.7. The molecular formula is C56H39N. The minimum absolute atomic E-state index is 1.09. The van der Waals surface area contributed by atoms with E-state index in [1.807, 2.05) is 0 Å². The van der Waals surface area contributed by atoms with Crippen LogP contribution < -0.4 is 4.90 Å². The van der Waals surface area contributed by atoms with Crippen LogP contribution in [-0.2, 0) is 0 Å². The average molecular weight is 726 g/mol. The zero-order chi connectivity index (χ0) is 38.0. The van der Waals surface area contributed by atoms with E-state index < -0.39 is 0 Å². The van der Waals surface area contributed by atoms with Gasteiger partial charge in [-0.05, 0) is 108 Å². The van der Waals surface area contributed by atoms with E-state index in [-0.39, 0.29) is 0 Å². The molecule has 268 valence electrons. The Morgan fingerprint density at radius 2 is 0.684 bits per heavy atom. The van der Waals surface area contributed by atoms with Crippen molar-refractivity contribution in [2.24, 2.45) is 0 Å². The lowest BCUT2D eigenvalue weighted by Gasteiger charge is -2.29. The zero-order valence-corrected chi connectivity index (χ0v) is 31.5. The van der Waals surface area contributed by atoms with Gasteiger partial charge in [-0.25, -0.2) is 0 Å². The molecule has 0 unspecified atom stereocenters. The summed E-state index contributed by atoms with van der Waals surface area (Å²) in [5, 5.41) is 4.97. The van der Waals surface area contributed by atoms with Gasteiger partial charge in [0.15, 0.2) is 0 Å². The molecule has 0 radical (unpaired) electrons. The van der Waals surface area contributed by atoms with Crippen LogP contribution in [0, 0.1) is 0 Å². The van der Waals surface area contributed by atoms with Crippen LogP contribution in [0.3, 0.4) is 0 Å². The van der Waals surface area contributed by atoms with Gasteiger partial charge < -0.3 is 4.90 Å². The van der Waals surface area contributed by atoms with E-state index in [1.165, 1.54) is 77.2 Å². The highest BCUT2D eigenvalue weighted by molar-refractivity contribution is 5.99. The van der Waals surface area contributed by atoms with Crippen molar-refractivity contribution in [2.75, 3.05) is 4.90 Å². The predicted octanol–water partition coefficient (Wildman–Crippen LogP) is 15.8. The SMILES string of the molecule is c1ccc(-c2ccc(-c3ccc(N(c4ccc(-c5ccc6ccccc6c5)cc4)c4cc(-c5cccc6ccccc56)ccc4-c4ccccc4)cc3)cc2)cc1. The number of nitrogens with zero attached hydrogens (tertiary/aromatic N) is 1. The van der Waals surface area contributed by atoms with Crippen LogP contribution in [-0.4, -0.2) is 0 Å². The van der Waals surface area contributed by atoms with Crippen LogP contribution >= 0.6 is 0 Å². The fraction of sp³-hybridized carbons (Fsp3) is 0. The first kappa shape index (κ1) is 34.0. The van der Waals surface area contributed by atoms with Crippen LogP contribution in [0.2, 0.25) is 0 Å². The highest BCUT2D eigenvalue weighted by atomic mass is 15.1. The second kappa shape index (κ2) is 15.0. The van der Waals surface area contributed by atoms with Crippen molar-refractivity contribution in [3.63, 3.8) is 0 Å². The molecular weight excluding hydrogens is 687 g/mol. The standard InChI is InChI=1S/C56H39N/c1-3-12-40(13-4-1)42-22-24-43(25-23-42)44-28-33-51(34-29-44)57(52-35-30-45(31-36-52)49-27-26-41-14-7-8-18-48(41)38-49)56-39-50(32-37-55(56)47-15-5-2-6-16-47)54-21-11-19-46-17-9-10-20-53(46)54/h1-39H. The fourth-order valence-electron chi connectivity index (χ4n) is 8.11. The first-order valence-electron chi connectivity index (χ1n) is 19.6. The molecule has 0 saturated heterocycles. The van der Waals surface area contributed by atoms with Crippen molar-refractivity contribution in [3.8, 4) is 55.6 Å². The summed E-state index contributed by atoms with van der Waals surface area (Å²) in [4.78, 5) is 2.42. The Morgan fingerprint density at radius 3 is 1.33 bits per heavy atom. The summed E-state index contributed by atoms with van der Waals surface area (Å²) >= 11 is 0. The smallest absolute Gasteiger partial charge is 0.0546 e. The summed E-state index contributed by atoms with van der Waals surface area (Å²) in [7, 11) is 0. The first-order valence-corrected chi connectivity index (χ1v) is 19.6. The molecule has 1 nitrogen and oxygen atoms in total. The highest BCUT2D eigenvalue weighted by Gasteiger charge is 2.20. The number of rotatable bonds is 8. The lowest BCUT2D eigenvalue weighted by molar-refractivity contribution is 1.28. The third kappa shape index (κ3) is 6.77. The van der Waals surface area contributed by atoms with Gasteiger partial charge in [0.05, 0.1) is 5.69 Å². The van der Waals surface area contributed by atoms with E-state index in [0.29, 0.717) is 0 Å². The molecule has 10 aromatic rings. The van der Waals surface area contributed by atoms with Crippen LogP contribution in [0.5, 0.6) is 0 Å². The van der Waals surface area contributed by atoms with Gasteiger partial charge in [0.1, 0.15) is 0 Å². The molecule has 0 heterocycles. The molecule has 0 aliphatic rings. The highest BCUT2D eigenvalue weighted by Crippen LogP contribution is 2.44. The maximum absolute atomic E-state index is 2.42. The second-order valence-electron chi connectivity index (χ2n) is 14.6. The van der Waals surface area contributed by atoms with E-state index in [2.05, 4.69) is 241 Å². The normalized spacial score (nSPS) is 11.2. The number of fused-ring (bicyclic) bond motifs is 2. The molecule has 0 aliphatic heterocycles. The van der Waals surface area contributed by atoms with Gasteiger partial charge in [0.25, 0.3) is 0 Å². The van der Waals surface area contributed by atoms with Gasteiger partial charge in [0, 0.05) is 16.9 Å². The molecule has 0 spiro atoms. The van der Waals surface area contributed by atoms with E-state index in [9.17, 15) is 0 Å². The summed E-state index contributed by atoms with van der Waals surface area (Å²) in [5.41, 5.74) is 15.2. The Hall–Kier alpha value is -7.48. The Kier molecular flexibility index (Phi) is 8.95. The summed E-state index contributed by atoms with van der Waals surface area (Å²) in [6.07, 6.45) is 0. The van der Waals surface area contributed by atoms with Gasteiger partial charge in [-0.3, -0.25) is 0 Å². The third-order valence-electron chi connectivity index (χ3n) is 11.1. The predicted molar refractivity (Wildman–Crippen MR) is 243 cm³/mol. The molecule has 10 rings (SSSR count). The maximum Gasteiger partial charge on any atom is 0.0546 e. The van der Waals surface area contributed by atoms with Crippen LogP contribution in [0.4, 0.5) is 17.1 Å². The molecule has 10 aromatic carbocycles. The first-order chi connectivity index (χ1) is 28.2. The van der Waals surface area contributed by atoms with Gasteiger partial charge >= 0.3 is 0 Å². The van der Waals surface area contributed by atoms with Gasteiger partial charge in [-0.1, -0.05) is 200 Å². The number of anilines is 3. The lowest BCUT2D eigenvalue weighted by atomic mass is 9.94. The van der Waals surface area contributed by atoms with E-state index in [1.54, 1.807) is 0 Å². The molecule has 0 atom stereocenters. The zero-order valence-electron chi connectivity index (χ0n) is 31.5. The molecule has 0 saturated carbocycles. The van der Waals surface area contributed by atoms with Crippen molar-refractivity contribution >= 4 is 38.6 Å². The van der Waals surface area contributed by atoms with E-state index in [4.69, 9.17) is 0 Å². The molecule has 1 heteroatoms. The topological polar surface area (TPSA) is 3.24 Å². The molecule has 57 heavy (non-hydrogen) atoms. The van der Waals surface area contributed by atoms with E-state index >= 15 is 0 Å². The minimum atomic E-state index is 1.09. The molecule has 0 aliphatic carbocycles. The van der Waals surface area contributed by atoms with Crippen molar-refractivity contribution in [1.29, 1.82) is 0 Å². The van der Waals surface area contributed by atoms with Gasteiger partial charge in [-0.2, -0.15) is 0 Å². The van der Waals surface area contributed by atoms with Crippen molar-refractivity contribution in [3.05, 3.63) is 237 Å². The quantitative estimate of drug-likeness (QED) is 0.151. The second-order valence-corrected chi connectivity index (χ2v) is 14.6. The molecule has 0 amide bonds. The number of benzene rings is 10. The molecule has 0 N–H and O–H groups in total. The summed E-state index contributed by atoms with van der Waals surface area (Å²) in [6.45, 7) is 0. The Bertz CT molecular complexity index is 2960. The molecule has 0 fully saturated rings. The Labute approximate surface area is 334 Å². The average Bonchev–Trinajstić information content (AvgIpc) is 3.30. The Morgan fingerprint density at radius 1 is 0.228 bits per heavy atom. The monoisotopic (exact) mass is 725 g/mol. The number of hydrogen-bond acceptors (Lipinski definition) is 1. The minimum Gasteiger partial charge on any atom is -0.310 e. The van der Waals surface area contributed by atoms with Crippen molar-refractivity contribution in [2.45, 2.75) is 0 Å². The number of hydrogen-bond donors (Lipinski definition) is 0. The summed E-state index contributed by atoms with van der Waals surface area (Å²) in [5.74, 6) is 0. The maximum atomic E-state index is 2.42. The van der Waals surface area contributed by atoms with Crippen LogP contribution in [0.25, 0.3) is 77.2 Å². The molecule has 0 aromatic heterocycles. The fourth-order valence-corrected chi connectivity index (χ4v) is 8.11. The van der Waals surface area contributed by atoms with E-state index in [0.717, 1.165) is 17.1 Å². The third-order valence-corrected chi connectivity index (χ3v) is 11.1. The lowest BCUT2D eigenvalue weighted by Crippen LogP contribution is -2.11. The van der Waals surface area contributed by atoms with Crippen LogP contribution in [0.1, 0.15) is 0 Å². The largest absolute Gasteiger partial charge is 0.310 e. The van der Waals surface area contributed by atoms with Gasteiger partial charge in [0.2, 0.25) is 0 Å².